The average molecular weight is 205 g/mol. The molecule has 0 N–H and O–H groups in total. The maximum Gasteiger partial charge on any atom is 0.339 e. The molecular weight excluding hydrogens is 190 g/mol. The third-order valence-corrected chi connectivity index (χ3v) is 2.13. The van der Waals surface area contributed by atoms with Crippen molar-refractivity contribution < 1.29 is 9.53 Å². The largest absolute Gasteiger partial charge is 0.455 e. The number of pyridine rings is 1. The first-order chi connectivity index (χ1) is 7.19. The highest BCUT2D eigenvalue weighted by atomic mass is 16.5. The molecule has 3 heteroatoms. The second-order valence-corrected chi connectivity index (χ2v) is 3.23. The van der Waals surface area contributed by atoms with Crippen LogP contribution >= 0.6 is 0 Å². The fourth-order valence-corrected chi connectivity index (χ4v) is 1.19. The molecule has 0 bridgehead atoms. The zero-order valence-corrected chi connectivity index (χ0v) is 9.06. The Morgan fingerprint density at radius 1 is 1.73 bits per heavy atom. The Labute approximate surface area is 89.8 Å². The normalized spacial score (nSPS) is 11.9. The van der Waals surface area contributed by atoms with Crippen molar-refractivity contribution in [1.29, 1.82) is 0 Å². The van der Waals surface area contributed by atoms with Gasteiger partial charge in [-0.15, -0.1) is 0 Å². The molecular formula is C12H15NO2. The lowest BCUT2D eigenvalue weighted by Crippen LogP contribution is -2.14. The van der Waals surface area contributed by atoms with Crippen LogP contribution in [0.5, 0.6) is 0 Å². The van der Waals surface area contributed by atoms with Crippen molar-refractivity contribution >= 4 is 5.97 Å². The SMILES string of the molecule is C=CC(C)OC(=O)c1ccncc1CC. The highest BCUT2D eigenvalue weighted by Gasteiger charge is 2.13. The molecule has 15 heavy (non-hydrogen) atoms. The van der Waals surface area contributed by atoms with Gasteiger partial charge in [0.1, 0.15) is 6.10 Å². The summed E-state index contributed by atoms with van der Waals surface area (Å²) in [6.45, 7) is 7.31. The van der Waals surface area contributed by atoms with E-state index in [9.17, 15) is 4.79 Å². The van der Waals surface area contributed by atoms with E-state index in [0.29, 0.717) is 5.56 Å². The molecule has 80 valence electrons. The van der Waals surface area contributed by atoms with Gasteiger partial charge in [0.05, 0.1) is 5.56 Å². The Kier molecular flexibility index (Phi) is 4.03. The Balaban J connectivity index is 2.85. The summed E-state index contributed by atoms with van der Waals surface area (Å²) in [6, 6.07) is 1.68. The van der Waals surface area contributed by atoms with E-state index in [2.05, 4.69) is 11.6 Å². The summed E-state index contributed by atoms with van der Waals surface area (Å²) in [4.78, 5) is 15.7. The van der Waals surface area contributed by atoms with Gasteiger partial charge in [0.25, 0.3) is 0 Å². The van der Waals surface area contributed by atoms with Crippen LogP contribution in [-0.4, -0.2) is 17.1 Å². The highest BCUT2D eigenvalue weighted by Crippen LogP contribution is 2.10. The molecule has 0 saturated carbocycles. The van der Waals surface area contributed by atoms with Crippen LogP contribution in [0.25, 0.3) is 0 Å². The van der Waals surface area contributed by atoms with Crippen LogP contribution < -0.4 is 0 Å². The van der Waals surface area contributed by atoms with E-state index in [1.54, 1.807) is 31.5 Å². The first kappa shape index (κ1) is 11.4. The smallest absolute Gasteiger partial charge is 0.339 e. The number of carbonyl (C=O) groups is 1. The third kappa shape index (κ3) is 2.91. The molecule has 1 heterocycles. The number of esters is 1. The van der Waals surface area contributed by atoms with Crippen LogP contribution in [0.1, 0.15) is 29.8 Å². The van der Waals surface area contributed by atoms with Crippen molar-refractivity contribution in [2.75, 3.05) is 0 Å². The second kappa shape index (κ2) is 5.29. The fraction of sp³-hybridized carbons (Fsp3) is 0.333. The minimum absolute atomic E-state index is 0.268. The van der Waals surface area contributed by atoms with Crippen molar-refractivity contribution in [1.82, 2.24) is 4.98 Å². The molecule has 1 rings (SSSR count). The van der Waals surface area contributed by atoms with Gasteiger partial charge in [0.15, 0.2) is 0 Å². The molecule has 1 aromatic rings. The Hall–Kier alpha value is -1.64. The Morgan fingerprint density at radius 2 is 2.47 bits per heavy atom. The van der Waals surface area contributed by atoms with E-state index in [1.165, 1.54) is 0 Å². The number of rotatable bonds is 4. The predicted molar refractivity (Wildman–Crippen MR) is 58.7 cm³/mol. The lowest BCUT2D eigenvalue weighted by atomic mass is 10.1. The second-order valence-electron chi connectivity index (χ2n) is 3.23. The number of carbonyl (C=O) groups excluding carboxylic acids is 1. The van der Waals surface area contributed by atoms with E-state index >= 15 is 0 Å². The Bertz CT molecular complexity index is 360. The summed E-state index contributed by atoms with van der Waals surface area (Å²) in [7, 11) is 0. The van der Waals surface area contributed by atoms with E-state index in [1.807, 2.05) is 6.92 Å². The van der Waals surface area contributed by atoms with Crippen LogP contribution in [0, 0.1) is 0 Å². The molecule has 0 saturated heterocycles. The standard InChI is InChI=1S/C12H15NO2/c1-4-9(3)15-12(14)11-6-7-13-8-10(11)5-2/h4,6-9H,1,5H2,2-3H3. The molecule has 1 atom stereocenters. The van der Waals surface area contributed by atoms with Gasteiger partial charge in [0, 0.05) is 12.4 Å². The van der Waals surface area contributed by atoms with Crippen LogP contribution in [0.15, 0.2) is 31.1 Å². The molecule has 3 nitrogen and oxygen atoms in total. The molecule has 0 aliphatic carbocycles. The summed E-state index contributed by atoms with van der Waals surface area (Å²) < 4.78 is 5.14. The molecule has 1 aromatic heterocycles. The van der Waals surface area contributed by atoms with E-state index in [4.69, 9.17) is 4.74 Å². The fourth-order valence-electron chi connectivity index (χ4n) is 1.19. The Morgan fingerprint density at radius 3 is 3.07 bits per heavy atom. The number of hydrogen-bond donors (Lipinski definition) is 0. The monoisotopic (exact) mass is 205 g/mol. The maximum atomic E-state index is 11.7. The van der Waals surface area contributed by atoms with Gasteiger partial charge < -0.3 is 4.74 Å². The average Bonchev–Trinajstić information content (AvgIpc) is 2.28. The van der Waals surface area contributed by atoms with E-state index < -0.39 is 0 Å². The molecule has 0 amide bonds. The quantitative estimate of drug-likeness (QED) is 0.559. The van der Waals surface area contributed by atoms with Crippen LogP contribution in [0.4, 0.5) is 0 Å². The molecule has 0 fully saturated rings. The van der Waals surface area contributed by atoms with Crippen molar-refractivity contribution in [2.24, 2.45) is 0 Å². The van der Waals surface area contributed by atoms with Gasteiger partial charge in [0.2, 0.25) is 0 Å². The number of aromatic nitrogens is 1. The zero-order valence-electron chi connectivity index (χ0n) is 9.06. The third-order valence-electron chi connectivity index (χ3n) is 2.13. The number of ether oxygens (including phenoxy) is 1. The number of aryl methyl sites for hydroxylation is 1. The minimum Gasteiger partial charge on any atom is -0.455 e. The van der Waals surface area contributed by atoms with E-state index in [-0.39, 0.29) is 12.1 Å². The first-order valence-electron chi connectivity index (χ1n) is 4.95. The van der Waals surface area contributed by atoms with Crippen LogP contribution in [-0.2, 0) is 11.2 Å². The van der Waals surface area contributed by atoms with Crippen molar-refractivity contribution in [3.63, 3.8) is 0 Å². The molecule has 0 radical (unpaired) electrons. The van der Waals surface area contributed by atoms with Gasteiger partial charge in [-0.05, 0) is 25.0 Å². The summed E-state index contributed by atoms with van der Waals surface area (Å²) in [5.41, 5.74) is 1.49. The summed E-state index contributed by atoms with van der Waals surface area (Å²) in [5, 5.41) is 0. The number of nitrogens with zero attached hydrogens (tertiary/aromatic N) is 1. The van der Waals surface area contributed by atoms with Crippen LogP contribution in [0.3, 0.4) is 0 Å². The van der Waals surface area contributed by atoms with E-state index in [0.717, 1.165) is 12.0 Å². The van der Waals surface area contributed by atoms with Gasteiger partial charge >= 0.3 is 5.97 Å². The number of hydrogen-bond acceptors (Lipinski definition) is 3. The zero-order chi connectivity index (χ0) is 11.3. The van der Waals surface area contributed by atoms with Gasteiger partial charge in [-0.2, -0.15) is 0 Å². The van der Waals surface area contributed by atoms with Crippen molar-refractivity contribution in [3.8, 4) is 0 Å². The summed E-state index contributed by atoms with van der Waals surface area (Å²) >= 11 is 0. The highest BCUT2D eigenvalue weighted by molar-refractivity contribution is 5.91. The minimum atomic E-state index is -0.318. The van der Waals surface area contributed by atoms with Gasteiger partial charge in [-0.1, -0.05) is 19.6 Å². The molecule has 0 aliphatic heterocycles. The lowest BCUT2D eigenvalue weighted by Gasteiger charge is -2.10. The molecule has 0 aliphatic rings. The van der Waals surface area contributed by atoms with Gasteiger partial charge in [-0.3, -0.25) is 4.98 Å². The van der Waals surface area contributed by atoms with Crippen molar-refractivity contribution in [2.45, 2.75) is 26.4 Å². The first-order valence-corrected chi connectivity index (χ1v) is 4.95. The van der Waals surface area contributed by atoms with Crippen molar-refractivity contribution in [3.05, 3.63) is 42.2 Å². The molecule has 1 unspecified atom stereocenters. The van der Waals surface area contributed by atoms with Crippen LogP contribution in [0.2, 0.25) is 0 Å². The maximum absolute atomic E-state index is 11.7. The molecule has 0 spiro atoms. The summed E-state index contributed by atoms with van der Waals surface area (Å²) in [6.07, 6.45) is 5.37. The lowest BCUT2D eigenvalue weighted by molar-refractivity contribution is 0.0423. The topological polar surface area (TPSA) is 39.2 Å². The summed E-state index contributed by atoms with van der Waals surface area (Å²) in [5.74, 6) is -0.318. The predicted octanol–water partition coefficient (Wildman–Crippen LogP) is 2.38. The van der Waals surface area contributed by atoms with Gasteiger partial charge in [-0.25, -0.2) is 4.79 Å². The molecule has 0 aromatic carbocycles.